The number of nitrogens with one attached hydrogen (secondary N) is 1. The Balaban J connectivity index is 1.57. The molecule has 2 saturated carbocycles. The van der Waals surface area contributed by atoms with Crippen LogP contribution in [0.25, 0.3) is 0 Å². The molecule has 102 valence electrons. The lowest BCUT2D eigenvalue weighted by Gasteiger charge is -2.20. The lowest BCUT2D eigenvalue weighted by atomic mass is 9.86. The maximum Gasteiger partial charge on any atom is 0.224 e. The Labute approximate surface area is 123 Å². The van der Waals surface area contributed by atoms with Gasteiger partial charge in [0, 0.05) is 12.1 Å². The molecule has 0 heterocycles. The first-order chi connectivity index (χ1) is 9.11. The summed E-state index contributed by atoms with van der Waals surface area (Å²) in [6, 6.07) is 5.19. The molecule has 0 spiro atoms. The van der Waals surface area contributed by atoms with Gasteiger partial charge in [-0.25, -0.2) is 0 Å². The van der Waals surface area contributed by atoms with Crippen LogP contribution in [-0.2, 0) is 4.79 Å². The SMILES string of the molecule is O=C(C[C@@H]1C[C@H]2CC[C@H]1C2)Nc1ccc(Cl)c(Cl)c1. The van der Waals surface area contributed by atoms with Crippen molar-refractivity contribution in [2.24, 2.45) is 17.8 Å². The van der Waals surface area contributed by atoms with Crippen LogP contribution in [0, 0.1) is 17.8 Å². The van der Waals surface area contributed by atoms with Gasteiger partial charge in [-0.05, 0) is 55.2 Å². The van der Waals surface area contributed by atoms with Gasteiger partial charge in [-0.1, -0.05) is 29.6 Å². The van der Waals surface area contributed by atoms with E-state index < -0.39 is 0 Å². The summed E-state index contributed by atoms with van der Waals surface area (Å²) in [7, 11) is 0. The summed E-state index contributed by atoms with van der Waals surface area (Å²) in [5, 5.41) is 3.89. The number of halogens is 2. The van der Waals surface area contributed by atoms with E-state index in [9.17, 15) is 4.79 Å². The number of hydrogen-bond acceptors (Lipinski definition) is 1. The third kappa shape index (κ3) is 2.90. The maximum absolute atomic E-state index is 12.1. The summed E-state index contributed by atoms with van der Waals surface area (Å²) in [6.07, 6.45) is 5.90. The molecule has 2 aliphatic carbocycles. The van der Waals surface area contributed by atoms with E-state index in [1.165, 1.54) is 25.7 Å². The quantitative estimate of drug-likeness (QED) is 0.856. The molecule has 2 nitrogen and oxygen atoms in total. The zero-order valence-corrected chi connectivity index (χ0v) is 12.2. The maximum atomic E-state index is 12.1. The van der Waals surface area contributed by atoms with Crippen molar-refractivity contribution in [1.82, 2.24) is 0 Å². The molecule has 0 radical (unpaired) electrons. The van der Waals surface area contributed by atoms with E-state index in [1.54, 1.807) is 18.2 Å². The Hall–Kier alpha value is -0.730. The molecule has 19 heavy (non-hydrogen) atoms. The second kappa shape index (κ2) is 5.34. The van der Waals surface area contributed by atoms with Crippen LogP contribution < -0.4 is 5.32 Å². The van der Waals surface area contributed by atoms with Crippen LogP contribution in [0.5, 0.6) is 0 Å². The van der Waals surface area contributed by atoms with Crippen molar-refractivity contribution >= 4 is 34.8 Å². The first kappa shape index (κ1) is 13.3. The minimum Gasteiger partial charge on any atom is -0.326 e. The van der Waals surface area contributed by atoms with Crippen LogP contribution in [0.4, 0.5) is 5.69 Å². The molecule has 0 aliphatic heterocycles. The molecule has 1 amide bonds. The fourth-order valence-corrected chi connectivity index (χ4v) is 3.95. The topological polar surface area (TPSA) is 29.1 Å². The first-order valence-electron chi connectivity index (χ1n) is 6.86. The minimum absolute atomic E-state index is 0.0935. The Morgan fingerprint density at radius 2 is 2.05 bits per heavy atom. The molecule has 0 aromatic heterocycles. The summed E-state index contributed by atoms with van der Waals surface area (Å²) in [6.45, 7) is 0. The molecule has 4 heteroatoms. The van der Waals surface area contributed by atoms with Crippen molar-refractivity contribution in [1.29, 1.82) is 0 Å². The molecule has 3 atom stereocenters. The standard InChI is InChI=1S/C15H17Cl2NO/c16-13-4-3-12(8-14(13)17)18-15(19)7-11-6-9-1-2-10(11)5-9/h3-4,8-11H,1-2,5-7H2,(H,18,19)/t9-,10-,11-/m0/s1. The lowest BCUT2D eigenvalue weighted by Crippen LogP contribution is -2.20. The smallest absolute Gasteiger partial charge is 0.224 e. The van der Waals surface area contributed by atoms with Crippen LogP contribution in [0.15, 0.2) is 18.2 Å². The molecule has 1 aromatic carbocycles. The number of anilines is 1. The first-order valence-corrected chi connectivity index (χ1v) is 7.62. The van der Waals surface area contributed by atoms with Crippen molar-refractivity contribution < 1.29 is 4.79 Å². The predicted molar refractivity (Wildman–Crippen MR) is 78.6 cm³/mol. The summed E-state index contributed by atoms with van der Waals surface area (Å²) >= 11 is 11.8. The van der Waals surface area contributed by atoms with Crippen molar-refractivity contribution in [3.05, 3.63) is 28.2 Å². The molecule has 2 aliphatic rings. The molecular weight excluding hydrogens is 281 g/mol. The van der Waals surface area contributed by atoms with Gasteiger partial charge in [0.15, 0.2) is 0 Å². The van der Waals surface area contributed by atoms with E-state index in [2.05, 4.69) is 5.32 Å². The van der Waals surface area contributed by atoms with Crippen LogP contribution >= 0.6 is 23.2 Å². The Kier molecular flexibility index (Phi) is 3.72. The molecular formula is C15H17Cl2NO. The zero-order valence-electron chi connectivity index (χ0n) is 10.7. The van der Waals surface area contributed by atoms with E-state index in [0.29, 0.717) is 22.4 Å². The van der Waals surface area contributed by atoms with E-state index in [4.69, 9.17) is 23.2 Å². The van der Waals surface area contributed by atoms with Gasteiger partial charge in [-0.15, -0.1) is 0 Å². The lowest BCUT2D eigenvalue weighted by molar-refractivity contribution is -0.117. The minimum atomic E-state index is 0.0935. The van der Waals surface area contributed by atoms with Gasteiger partial charge in [-0.2, -0.15) is 0 Å². The molecule has 3 rings (SSSR count). The number of carbonyl (C=O) groups excluding carboxylic acids is 1. The van der Waals surface area contributed by atoms with Gasteiger partial charge in [0.1, 0.15) is 0 Å². The summed E-state index contributed by atoms with van der Waals surface area (Å²) in [5.74, 6) is 2.34. The molecule has 0 saturated heterocycles. The fourth-order valence-electron chi connectivity index (χ4n) is 3.65. The number of carbonyl (C=O) groups is 1. The summed E-state index contributed by atoms with van der Waals surface area (Å²) in [5.41, 5.74) is 0.725. The third-order valence-electron chi connectivity index (χ3n) is 4.54. The van der Waals surface area contributed by atoms with Gasteiger partial charge >= 0.3 is 0 Å². The third-order valence-corrected chi connectivity index (χ3v) is 5.27. The monoisotopic (exact) mass is 297 g/mol. The second-order valence-electron chi connectivity index (χ2n) is 5.82. The number of amides is 1. The Morgan fingerprint density at radius 3 is 2.68 bits per heavy atom. The van der Waals surface area contributed by atoms with E-state index in [1.807, 2.05) is 0 Å². The predicted octanol–water partition coefficient (Wildman–Crippen LogP) is 4.76. The molecule has 1 aromatic rings. The van der Waals surface area contributed by atoms with E-state index in [-0.39, 0.29) is 5.91 Å². The van der Waals surface area contributed by atoms with Gasteiger partial charge in [0.2, 0.25) is 5.91 Å². The molecule has 1 N–H and O–H groups in total. The van der Waals surface area contributed by atoms with Gasteiger partial charge < -0.3 is 5.32 Å². The molecule has 2 fully saturated rings. The number of benzene rings is 1. The molecule has 2 bridgehead atoms. The highest BCUT2D eigenvalue weighted by atomic mass is 35.5. The highest BCUT2D eigenvalue weighted by Crippen LogP contribution is 2.49. The highest BCUT2D eigenvalue weighted by molar-refractivity contribution is 6.42. The second-order valence-corrected chi connectivity index (χ2v) is 6.63. The summed E-state index contributed by atoms with van der Waals surface area (Å²) in [4.78, 5) is 12.1. The van der Waals surface area contributed by atoms with Crippen LogP contribution in [-0.4, -0.2) is 5.91 Å². The molecule has 0 unspecified atom stereocenters. The van der Waals surface area contributed by atoms with E-state index in [0.717, 1.165) is 17.5 Å². The normalized spacial score (nSPS) is 28.6. The van der Waals surface area contributed by atoms with E-state index >= 15 is 0 Å². The Bertz CT molecular complexity index is 503. The average molecular weight is 298 g/mol. The van der Waals surface area contributed by atoms with Crippen molar-refractivity contribution in [3.63, 3.8) is 0 Å². The number of rotatable bonds is 3. The Morgan fingerprint density at radius 1 is 1.21 bits per heavy atom. The van der Waals surface area contributed by atoms with Gasteiger partial charge in [0.25, 0.3) is 0 Å². The van der Waals surface area contributed by atoms with Crippen LogP contribution in [0.3, 0.4) is 0 Å². The number of hydrogen-bond donors (Lipinski definition) is 1. The zero-order chi connectivity index (χ0) is 13.4. The van der Waals surface area contributed by atoms with Gasteiger partial charge in [-0.3, -0.25) is 4.79 Å². The van der Waals surface area contributed by atoms with Crippen LogP contribution in [0.1, 0.15) is 32.1 Å². The van der Waals surface area contributed by atoms with Crippen molar-refractivity contribution in [2.45, 2.75) is 32.1 Å². The van der Waals surface area contributed by atoms with Crippen molar-refractivity contribution in [3.8, 4) is 0 Å². The average Bonchev–Trinajstić information content (AvgIpc) is 2.96. The van der Waals surface area contributed by atoms with Crippen molar-refractivity contribution in [2.75, 3.05) is 5.32 Å². The highest BCUT2D eigenvalue weighted by Gasteiger charge is 2.40. The van der Waals surface area contributed by atoms with Gasteiger partial charge in [0.05, 0.1) is 10.0 Å². The summed E-state index contributed by atoms with van der Waals surface area (Å²) < 4.78 is 0. The fraction of sp³-hybridized carbons (Fsp3) is 0.533. The van der Waals surface area contributed by atoms with Crippen LogP contribution in [0.2, 0.25) is 10.0 Å². The largest absolute Gasteiger partial charge is 0.326 e. The number of fused-ring (bicyclic) bond motifs is 2.